The van der Waals surface area contributed by atoms with Gasteiger partial charge in [-0.1, -0.05) is 35.4 Å². The third-order valence-corrected chi connectivity index (χ3v) is 9.20. The van der Waals surface area contributed by atoms with Gasteiger partial charge < -0.3 is 5.73 Å². The van der Waals surface area contributed by atoms with Gasteiger partial charge in [-0.3, -0.25) is 9.69 Å². The first-order valence-electron chi connectivity index (χ1n) is 12.8. The lowest BCUT2D eigenvalue weighted by Gasteiger charge is -2.40. The van der Waals surface area contributed by atoms with Crippen LogP contribution < -0.4 is 10.6 Å². The van der Waals surface area contributed by atoms with Crippen molar-refractivity contribution in [2.45, 2.75) is 56.6 Å². The number of thioether (sulfide) groups is 1. The summed E-state index contributed by atoms with van der Waals surface area (Å²) in [5.41, 5.74) is 15.5. The van der Waals surface area contributed by atoms with E-state index >= 15 is 0 Å². The first-order chi connectivity index (χ1) is 18.3. The second kappa shape index (κ2) is 11.0. The molecule has 0 radical (unpaired) electrons. The van der Waals surface area contributed by atoms with Gasteiger partial charge in [0.25, 0.3) is 0 Å². The second-order valence-electron chi connectivity index (χ2n) is 10.0. The highest BCUT2D eigenvalue weighted by molar-refractivity contribution is 14.1. The van der Waals surface area contributed by atoms with Crippen molar-refractivity contribution >= 4 is 45.8 Å². The molecular formula is C32H30IN3OS. The molecule has 0 aromatic heterocycles. The number of anilines is 1. The molecule has 0 fully saturated rings. The topological polar surface area (TPSA) is 70.1 Å². The van der Waals surface area contributed by atoms with Crippen molar-refractivity contribution in [2.75, 3.05) is 4.90 Å². The molecule has 1 atom stereocenters. The molecule has 2 aliphatic rings. The summed E-state index contributed by atoms with van der Waals surface area (Å²) in [6.45, 7) is 6.29. The summed E-state index contributed by atoms with van der Waals surface area (Å²) in [5.74, 6) is 0.893. The Balaban J connectivity index is 1.62. The van der Waals surface area contributed by atoms with Crippen LogP contribution in [0.1, 0.15) is 53.0 Å². The third kappa shape index (κ3) is 5.02. The van der Waals surface area contributed by atoms with Gasteiger partial charge in [-0.25, -0.2) is 0 Å². The molecule has 0 bridgehead atoms. The van der Waals surface area contributed by atoms with Gasteiger partial charge in [0.1, 0.15) is 5.82 Å². The van der Waals surface area contributed by atoms with Gasteiger partial charge in [-0.2, -0.15) is 5.26 Å². The minimum atomic E-state index is -0.453. The van der Waals surface area contributed by atoms with Crippen LogP contribution in [0.5, 0.6) is 0 Å². The zero-order chi connectivity index (χ0) is 27.0. The van der Waals surface area contributed by atoms with E-state index in [1.165, 1.54) is 16.0 Å². The quantitative estimate of drug-likeness (QED) is 0.230. The van der Waals surface area contributed by atoms with Crippen LogP contribution in [0.2, 0.25) is 0 Å². The lowest BCUT2D eigenvalue weighted by atomic mass is 9.73. The van der Waals surface area contributed by atoms with E-state index < -0.39 is 5.92 Å². The molecule has 38 heavy (non-hydrogen) atoms. The molecule has 2 N–H and O–H groups in total. The van der Waals surface area contributed by atoms with E-state index in [0.29, 0.717) is 17.8 Å². The Labute approximate surface area is 242 Å². The SMILES string of the molecule is Cc1ccc(SCc2cc(C)cc(C3C(C#N)=C(N)N(c4ccc(I)cc4)C4=C3C(=O)CCC4)c2C)cc1. The number of nitrogens with two attached hydrogens (primary N) is 1. The lowest BCUT2D eigenvalue weighted by Crippen LogP contribution is -2.39. The number of carbonyl (C=O) groups excluding carboxylic acids is 1. The molecule has 1 heterocycles. The van der Waals surface area contributed by atoms with Crippen molar-refractivity contribution in [3.8, 4) is 6.07 Å². The number of allylic oxidation sites excluding steroid dienone is 3. The van der Waals surface area contributed by atoms with Gasteiger partial charge in [0.15, 0.2) is 5.78 Å². The smallest absolute Gasteiger partial charge is 0.161 e. The van der Waals surface area contributed by atoms with E-state index in [-0.39, 0.29) is 5.78 Å². The van der Waals surface area contributed by atoms with Gasteiger partial charge in [0.05, 0.1) is 17.6 Å². The minimum absolute atomic E-state index is 0.114. The number of nitriles is 1. The molecule has 4 nitrogen and oxygen atoms in total. The molecule has 0 spiro atoms. The first-order valence-corrected chi connectivity index (χ1v) is 14.9. The monoisotopic (exact) mass is 631 g/mol. The summed E-state index contributed by atoms with van der Waals surface area (Å²) >= 11 is 4.07. The zero-order valence-corrected chi connectivity index (χ0v) is 24.8. The van der Waals surface area contributed by atoms with Crippen LogP contribution in [0.15, 0.2) is 88.2 Å². The Kier molecular flexibility index (Phi) is 7.69. The van der Waals surface area contributed by atoms with Gasteiger partial charge in [0, 0.05) is 37.6 Å². The van der Waals surface area contributed by atoms with Gasteiger partial charge in [-0.15, -0.1) is 11.8 Å². The first kappa shape index (κ1) is 26.6. The second-order valence-corrected chi connectivity index (χ2v) is 12.3. The molecule has 6 heteroatoms. The van der Waals surface area contributed by atoms with E-state index in [1.807, 2.05) is 29.2 Å². The molecular weight excluding hydrogens is 601 g/mol. The Morgan fingerprint density at radius 1 is 1.03 bits per heavy atom. The molecule has 0 saturated carbocycles. The van der Waals surface area contributed by atoms with Crippen LogP contribution in [0, 0.1) is 35.7 Å². The van der Waals surface area contributed by atoms with Crippen LogP contribution in [-0.2, 0) is 10.5 Å². The number of aryl methyl sites for hydroxylation is 2. The van der Waals surface area contributed by atoms with Crippen LogP contribution in [-0.4, -0.2) is 5.78 Å². The number of benzene rings is 3. The fourth-order valence-electron chi connectivity index (χ4n) is 5.49. The van der Waals surface area contributed by atoms with Crippen molar-refractivity contribution in [1.29, 1.82) is 5.26 Å². The third-order valence-electron chi connectivity index (χ3n) is 7.42. The number of hydrogen-bond donors (Lipinski definition) is 1. The summed E-state index contributed by atoms with van der Waals surface area (Å²) in [7, 11) is 0. The summed E-state index contributed by atoms with van der Waals surface area (Å²) < 4.78 is 1.12. The summed E-state index contributed by atoms with van der Waals surface area (Å²) in [4.78, 5) is 16.7. The Morgan fingerprint density at radius 2 is 1.74 bits per heavy atom. The number of ketones is 1. The number of Topliss-reactive ketones (excluding diaryl/α,β-unsaturated/α-hetero) is 1. The predicted octanol–water partition coefficient (Wildman–Crippen LogP) is 7.81. The van der Waals surface area contributed by atoms with Gasteiger partial charge >= 0.3 is 0 Å². The van der Waals surface area contributed by atoms with E-state index in [0.717, 1.165) is 55.8 Å². The van der Waals surface area contributed by atoms with Crippen molar-refractivity contribution < 1.29 is 4.79 Å². The Bertz CT molecular complexity index is 1510. The number of halogens is 1. The van der Waals surface area contributed by atoms with Crippen LogP contribution >= 0.6 is 34.4 Å². The highest BCUT2D eigenvalue weighted by Crippen LogP contribution is 2.47. The normalized spacial score (nSPS) is 17.5. The Hall–Kier alpha value is -3.02. The average Bonchev–Trinajstić information content (AvgIpc) is 2.90. The maximum atomic E-state index is 13.6. The molecule has 0 saturated heterocycles. The number of nitrogens with zero attached hydrogens (tertiary/aromatic N) is 2. The lowest BCUT2D eigenvalue weighted by molar-refractivity contribution is -0.116. The molecule has 5 rings (SSSR count). The maximum Gasteiger partial charge on any atom is 0.161 e. The Morgan fingerprint density at radius 3 is 2.42 bits per heavy atom. The van der Waals surface area contributed by atoms with E-state index in [4.69, 9.17) is 5.73 Å². The van der Waals surface area contributed by atoms with Crippen molar-refractivity contribution in [3.05, 3.63) is 115 Å². The van der Waals surface area contributed by atoms with Crippen LogP contribution in [0.3, 0.4) is 0 Å². The molecule has 0 amide bonds. The van der Waals surface area contributed by atoms with Crippen molar-refractivity contribution in [1.82, 2.24) is 0 Å². The van der Waals surface area contributed by atoms with Gasteiger partial charge in [-0.05, 0) is 109 Å². The number of carbonyl (C=O) groups is 1. The standard InChI is InChI=1S/C32H30IN3OS/c1-19-7-13-25(14-8-19)38-18-22-15-20(2)16-26(21(22)3)30-27(17-34)32(35)36(24-11-9-23(33)10-12-24)28-5-4-6-29(37)31(28)30/h7-16,30H,4-6,18,35H2,1-3H3. The number of rotatable bonds is 5. The van der Waals surface area contributed by atoms with E-state index in [1.54, 1.807) is 11.8 Å². The van der Waals surface area contributed by atoms with Crippen molar-refractivity contribution in [2.24, 2.45) is 5.73 Å². The largest absolute Gasteiger partial charge is 0.384 e. The number of hydrogen-bond acceptors (Lipinski definition) is 5. The van der Waals surface area contributed by atoms with Crippen LogP contribution in [0.25, 0.3) is 0 Å². The summed E-state index contributed by atoms with van der Waals surface area (Å²) in [6, 6.07) is 23.4. The minimum Gasteiger partial charge on any atom is -0.384 e. The molecule has 1 aliphatic carbocycles. The van der Waals surface area contributed by atoms with Gasteiger partial charge in [0.2, 0.25) is 0 Å². The zero-order valence-electron chi connectivity index (χ0n) is 21.8. The fraction of sp³-hybridized carbons (Fsp3) is 0.250. The molecule has 1 unspecified atom stereocenters. The molecule has 1 aliphatic heterocycles. The molecule has 3 aromatic rings. The van der Waals surface area contributed by atoms with Crippen molar-refractivity contribution in [3.63, 3.8) is 0 Å². The summed E-state index contributed by atoms with van der Waals surface area (Å²) in [6.07, 6.45) is 2.03. The van der Waals surface area contributed by atoms with E-state index in [2.05, 4.69) is 85.8 Å². The average molecular weight is 632 g/mol. The maximum absolute atomic E-state index is 13.6. The van der Waals surface area contributed by atoms with Crippen LogP contribution in [0.4, 0.5) is 5.69 Å². The molecule has 3 aromatic carbocycles. The molecule has 192 valence electrons. The summed E-state index contributed by atoms with van der Waals surface area (Å²) in [5, 5.41) is 10.4. The highest BCUT2D eigenvalue weighted by Gasteiger charge is 2.41. The fourth-order valence-corrected chi connectivity index (χ4v) is 6.80. The highest BCUT2D eigenvalue weighted by atomic mass is 127. The predicted molar refractivity (Wildman–Crippen MR) is 164 cm³/mol. The van der Waals surface area contributed by atoms with E-state index in [9.17, 15) is 10.1 Å².